The Balaban J connectivity index is 1.76. The first kappa shape index (κ1) is 22.6. The Morgan fingerprint density at radius 3 is 2.45 bits per heavy atom. The number of carbonyl (C=O) groups is 2. The van der Waals surface area contributed by atoms with Gasteiger partial charge in [-0.3, -0.25) is 9.59 Å². The first-order chi connectivity index (χ1) is 14.7. The number of para-hydroxylation sites is 1. The minimum atomic E-state index is -4.13. The summed E-state index contributed by atoms with van der Waals surface area (Å²) in [6.07, 6.45) is 0. The zero-order valence-electron chi connectivity index (χ0n) is 18.1. The third-order valence-electron chi connectivity index (χ3n) is 5.24. The Kier molecular flexibility index (Phi) is 6.50. The second kappa shape index (κ2) is 8.93. The van der Waals surface area contributed by atoms with Gasteiger partial charge in [0.15, 0.2) is 0 Å². The molecule has 1 heterocycles. The van der Waals surface area contributed by atoms with Gasteiger partial charge in [0.05, 0.1) is 6.61 Å². The topological polar surface area (TPSA) is 92.8 Å². The standard InChI is InChI=1S/C23H26N2O5S/c1-5-30-20-9-7-6-8-19(20)13-24-21(26)14-25-23(27)17(4)22(31(25,28)29)18-11-10-15(2)16(3)12-18/h6-12H,5,13-14H2,1-4H3,(H,24,26). The zero-order valence-corrected chi connectivity index (χ0v) is 18.9. The largest absolute Gasteiger partial charge is 0.494 e. The van der Waals surface area contributed by atoms with Crippen molar-refractivity contribution in [2.45, 2.75) is 34.2 Å². The molecule has 0 spiro atoms. The molecule has 0 saturated carbocycles. The molecule has 1 N–H and O–H groups in total. The van der Waals surface area contributed by atoms with Crippen molar-refractivity contribution in [3.05, 3.63) is 70.3 Å². The third-order valence-corrected chi connectivity index (χ3v) is 7.17. The third kappa shape index (κ3) is 4.49. The maximum Gasteiger partial charge on any atom is 0.268 e. The van der Waals surface area contributed by atoms with E-state index in [-0.39, 0.29) is 17.0 Å². The lowest BCUT2D eigenvalue weighted by Gasteiger charge is -2.17. The first-order valence-corrected chi connectivity index (χ1v) is 11.4. The Morgan fingerprint density at radius 2 is 1.77 bits per heavy atom. The number of nitrogens with one attached hydrogen (secondary N) is 1. The van der Waals surface area contributed by atoms with Gasteiger partial charge in [0, 0.05) is 17.7 Å². The lowest BCUT2D eigenvalue weighted by Crippen LogP contribution is -2.40. The number of hydrogen-bond acceptors (Lipinski definition) is 5. The summed E-state index contributed by atoms with van der Waals surface area (Å²) in [5, 5.41) is 2.67. The fourth-order valence-corrected chi connectivity index (χ4v) is 5.19. The van der Waals surface area contributed by atoms with Crippen molar-refractivity contribution in [2.75, 3.05) is 13.2 Å². The molecule has 0 saturated heterocycles. The number of sulfonamides is 1. The molecule has 0 radical (unpaired) electrons. The van der Waals surface area contributed by atoms with Crippen molar-refractivity contribution in [1.82, 2.24) is 9.62 Å². The highest BCUT2D eigenvalue weighted by Gasteiger charge is 2.43. The van der Waals surface area contributed by atoms with Crippen molar-refractivity contribution < 1.29 is 22.7 Å². The molecule has 0 fully saturated rings. The van der Waals surface area contributed by atoms with E-state index in [0.717, 1.165) is 16.7 Å². The minimum Gasteiger partial charge on any atom is -0.494 e. The van der Waals surface area contributed by atoms with Crippen LogP contribution in [-0.2, 0) is 26.2 Å². The van der Waals surface area contributed by atoms with Crippen LogP contribution in [0.15, 0.2) is 48.0 Å². The second-order valence-electron chi connectivity index (χ2n) is 7.39. The van der Waals surface area contributed by atoms with Crippen molar-refractivity contribution in [2.24, 2.45) is 0 Å². The van der Waals surface area contributed by atoms with E-state index in [4.69, 9.17) is 4.74 Å². The van der Waals surface area contributed by atoms with Crippen LogP contribution in [0.5, 0.6) is 5.75 Å². The molecular formula is C23H26N2O5S. The van der Waals surface area contributed by atoms with Crippen LogP contribution in [0.2, 0.25) is 0 Å². The molecule has 0 aliphatic carbocycles. The monoisotopic (exact) mass is 442 g/mol. The lowest BCUT2D eigenvalue weighted by atomic mass is 10.0. The molecule has 0 atom stereocenters. The van der Waals surface area contributed by atoms with Crippen molar-refractivity contribution >= 4 is 26.7 Å². The van der Waals surface area contributed by atoms with Gasteiger partial charge in [-0.25, -0.2) is 12.7 Å². The summed E-state index contributed by atoms with van der Waals surface area (Å²) in [6.45, 7) is 7.20. The van der Waals surface area contributed by atoms with Crippen LogP contribution < -0.4 is 10.1 Å². The number of amides is 2. The molecule has 0 unspecified atom stereocenters. The average Bonchev–Trinajstić information content (AvgIpc) is 2.89. The molecule has 0 aromatic heterocycles. The highest BCUT2D eigenvalue weighted by Crippen LogP contribution is 2.35. The van der Waals surface area contributed by atoms with E-state index in [9.17, 15) is 18.0 Å². The predicted octanol–water partition coefficient (Wildman–Crippen LogP) is 2.92. The molecular weight excluding hydrogens is 416 g/mol. The zero-order chi connectivity index (χ0) is 22.8. The van der Waals surface area contributed by atoms with Crippen LogP contribution >= 0.6 is 0 Å². The fourth-order valence-electron chi connectivity index (χ4n) is 3.43. The minimum absolute atomic E-state index is 0.0462. The van der Waals surface area contributed by atoms with Gasteiger partial charge in [-0.15, -0.1) is 0 Å². The molecule has 3 rings (SSSR count). The Labute approximate surface area is 182 Å². The number of nitrogens with zero attached hydrogens (tertiary/aromatic N) is 1. The number of rotatable bonds is 7. The lowest BCUT2D eigenvalue weighted by molar-refractivity contribution is -0.128. The van der Waals surface area contributed by atoms with Crippen LogP contribution in [0, 0.1) is 13.8 Å². The van der Waals surface area contributed by atoms with Gasteiger partial charge in [-0.1, -0.05) is 36.4 Å². The van der Waals surface area contributed by atoms with Gasteiger partial charge >= 0.3 is 0 Å². The summed E-state index contributed by atoms with van der Waals surface area (Å²) >= 11 is 0. The molecule has 1 aliphatic heterocycles. The molecule has 164 valence electrons. The Bertz CT molecular complexity index is 1170. The number of carbonyl (C=O) groups excluding carboxylic acids is 2. The summed E-state index contributed by atoms with van der Waals surface area (Å²) in [7, 11) is -4.13. The number of benzene rings is 2. The van der Waals surface area contributed by atoms with Crippen LogP contribution in [0.1, 0.15) is 36.1 Å². The van der Waals surface area contributed by atoms with Crippen molar-refractivity contribution in [1.29, 1.82) is 0 Å². The SMILES string of the molecule is CCOc1ccccc1CNC(=O)CN1C(=O)C(C)=C(c2ccc(C)c(C)c2)S1(=O)=O. The number of aryl methyl sites for hydroxylation is 2. The number of ether oxygens (including phenoxy) is 1. The number of hydrogen-bond donors (Lipinski definition) is 1. The van der Waals surface area contributed by atoms with Crippen molar-refractivity contribution in [3.63, 3.8) is 0 Å². The van der Waals surface area contributed by atoms with Crippen molar-refractivity contribution in [3.8, 4) is 5.75 Å². The van der Waals surface area contributed by atoms with E-state index in [1.165, 1.54) is 6.92 Å². The van der Waals surface area contributed by atoms with E-state index in [1.54, 1.807) is 18.2 Å². The maximum absolute atomic E-state index is 13.1. The summed E-state index contributed by atoms with van der Waals surface area (Å²) in [4.78, 5) is 25.1. The van der Waals surface area contributed by atoms with E-state index in [2.05, 4.69) is 5.32 Å². The van der Waals surface area contributed by atoms with Crippen LogP contribution in [0.3, 0.4) is 0 Å². The van der Waals surface area contributed by atoms with Gasteiger partial charge < -0.3 is 10.1 Å². The fraction of sp³-hybridized carbons (Fsp3) is 0.304. The van der Waals surface area contributed by atoms with E-state index >= 15 is 0 Å². The first-order valence-electron chi connectivity index (χ1n) is 9.99. The van der Waals surface area contributed by atoms with Gasteiger partial charge in [0.1, 0.15) is 17.2 Å². The quantitative estimate of drug-likeness (QED) is 0.712. The summed E-state index contributed by atoms with van der Waals surface area (Å²) < 4.78 is 32.4. The average molecular weight is 443 g/mol. The molecule has 7 nitrogen and oxygen atoms in total. The van der Waals surface area contributed by atoms with Gasteiger partial charge in [0.2, 0.25) is 5.91 Å². The maximum atomic E-state index is 13.1. The highest BCUT2D eigenvalue weighted by atomic mass is 32.2. The molecule has 2 aromatic carbocycles. The molecule has 31 heavy (non-hydrogen) atoms. The second-order valence-corrected chi connectivity index (χ2v) is 9.19. The summed E-state index contributed by atoms with van der Waals surface area (Å²) in [6, 6.07) is 12.5. The predicted molar refractivity (Wildman–Crippen MR) is 119 cm³/mol. The van der Waals surface area contributed by atoms with Crippen LogP contribution in [-0.4, -0.2) is 37.7 Å². The summed E-state index contributed by atoms with van der Waals surface area (Å²) in [5.74, 6) is -0.611. The van der Waals surface area contributed by atoms with Gasteiger partial charge in [0.25, 0.3) is 15.9 Å². The smallest absolute Gasteiger partial charge is 0.268 e. The molecule has 1 aliphatic rings. The molecule has 2 aromatic rings. The van der Waals surface area contributed by atoms with Crippen LogP contribution in [0.25, 0.3) is 4.91 Å². The van der Waals surface area contributed by atoms with E-state index < -0.39 is 28.4 Å². The summed E-state index contributed by atoms with van der Waals surface area (Å²) in [5.41, 5.74) is 3.26. The Hall–Kier alpha value is -3.13. The molecule has 2 amide bonds. The highest BCUT2D eigenvalue weighted by molar-refractivity contribution is 7.99. The van der Waals surface area contributed by atoms with Gasteiger partial charge in [-0.05, 0) is 50.5 Å². The van der Waals surface area contributed by atoms with Crippen LogP contribution in [0.4, 0.5) is 0 Å². The molecule has 8 heteroatoms. The Morgan fingerprint density at radius 1 is 1.06 bits per heavy atom. The van der Waals surface area contributed by atoms with E-state index in [0.29, 0.717) is 22.2 Å². The van der Waals surface area contributed by atoms with Gasteiger partial charge in [-0.2, -0.15) is 0 Å². The normalized spacial score (nSPS) is 15.4. The van der Waals surface area contributed by atoms with E-state index in [1.807, 2.05) is 45.0 Å². The molecule has 0 bridgehead atoms.